The van der Waals surface area contributed by atoms with Crippen LogP contribution < -0.4 is 10.1 Å². The number of nitrogens with zero attached hydrogens (tertiary/aromatic N) is 1. The maximum Gasteiger partial charge on any atom is 0.262 e. The lowest BCUT2D eigenvalue weighted by atomic mass is 10.2. The number of carbonyl (C=O) groups excluding carboxylic acids is 1. The molecule has 0 saturated heterocycles. The highest BCUT2D eigenvalue weighted by Crippen LogP contribution is 2.30. The first-order valence-corrected chi connectivity index (χ1v) is 9.18. The van der Waals surface area contributed by atoms with Crippen LogP contribution >= 0.6 is 23.2 Å². The van der Waals surface area contributed by atoms with Crippen LogP contribution in [0.3, 0.4) is 0 Å². The molecule has 1 aromatic heterocycles. The molecule has 0 aliphatic heterocycles. The Morgan fingerprint density at radius 2 is 1.75 bits per heavy atom. The lowest BCUT2D eigenvalue weighted by Crippen LogP contribution is -2.20. The molecule has 1 amide bonds. The molecule has 0 saturated carbocycles. The van der Waals surface area contributed by atoms with Crippen molar-refractivity contribution >= 4 is 45.9 Å². The molecule has 4 rings (SSSR count). The van der Waals surface area contributed by atoms with Crippen LogP contribution in [0.2, 0.25) is 10.0 Å². The van der Waals surface area contributed by atoms with E-state index in [0.29, 0.717) is 44.0 Å². The van der Waals surface area contributed by atoms with Gasteiger partial charge in [0.1, 0.15) is 11.3 Å². The number of carbonyl (C=O) groups is 1. The summed E-state index contributed by atoms with van der Waals surface area (Å²) < 4.78 is 11.2. The van der Waals surface area contributed by atoms with Crippen LogP contribution in [0.15, 0.2) is 71.1 Å². The normalized spacial score (nSPS) is 10.8. The van der Waals surface area contributed by atoms with Crippen LogP contribution in [-0.2, 0) is 4.79 Å². The van der Waals surface area contributed by atoms with Gasteiger partial charge in [-0.05, 0) is 42.5 Å². The Bertz CT molecular complexity index is 1160. The monoisotopic (exact) mass is 412 g/mol. The number of fused-ring (bicyclic) bond motifs is 1. The highest BCUT2D eigenvalue weighted by molar-refractivity contribution is 6.33. The number of hydrogen-bond acceptors (Lipinski definition) is 4. The fourth-order valence-corrected chi connectivity index (χ4v) is 3.06. The van der Waals surface area contributed by atoms with Gasteiger partial charge in [0.2, 0.25) is 5.89 Å². The van der Waals surface area contributed by atoms with Gasteiger partial charge in [-0.3, -0.25) is 4.79 Å². The number of ether oxygens (including phenoxy) is 1. The third-order valence-electron chi connectivity index (χ3n) is 3.97. The van der Waals surface area contributed by atoms with E-state index in [-0.39, 0.29) is 12.5 Å². The second-order valence-corrected chi connectivity index (χ2v) is 6.76. The summed E-state index contributed by atoms with van der Waals surface area (Å²) in [4.78, 5) is 16.6. The number of halogens is 2. The van der Waals surface area contributed by atoms with Crippen molar-refractivity contribution in [1.82, 2.24) is 4.98 Å². The minimum atomic E-state index is -0.311. The fraction of sp³-hybridized carbons (Fsp3) is 0.0476. The van der Waals surface area contributed by atoms with Gasteiger partial charge in [-0.15, -0.1) is 0 Å². The zero-order valence-electron chi connectivity index (χ0n) is 14.5. The molecule has 0 atom stereocenters. The number of anilines is 1. The SMILES string of the molecule is O=C(COc1ccccc1Cl)Nc1ccc2oc(-c3ccccc3Cl)nc2c1. The van der Waals surface area contributed by atoms with Gasteiger partial charge in [-0.25, -0.2) is 4.98 Å². The second-order valence-electron chi connectivity index (χ2n) is 5.95. The van der Waals surface area contributed by atoms with Gasteiger partial charge >= 0.3 is 0 Å². The number of oxazole rings is 1. The average Bonchev–Trinajstić information content (AvgIpc) is 3.11. The van der Waals surface area contributed by atoms with Crippen molar-refractivity contribution < 1.29 is 13.9 Å². The van der Waals surface area contributed by atoms with Gasteiger partial charge in [0.15, 0.2) is 12.2 Å². The first-order chi connectivity index (χ1) is 13.6. The van der Waals surface area contributed by atoms with Crippen LogP contribution in [0.5, 0.6) is 5.75 Å². The standard InChI is InChI=1S/C21H14Cl2N2O3/c22-15-6-2-1-5-14(15)21-25-17-11-13(9-10-19(17)28-21)24-20(26)12-27-18-8-4-3-7-16(18)23/h1-11H,12H2,(H,24,26). The lowest BCUT2D eigenvalue weighted by Gasteiger charge is -2.08. The van der Waals surface area contributed by atoms with Crippen LogP contribution in [0.25, 0.3) is 22.6 Å². The van der Waals surface area contributed by atoms with Crippen molar-refractivity contribution in [3.63, 3.8) is 0 Å². The summed E-state index contributed by atoms with van der Waals surface area (Å²) in [7, 11) is 0. The van der Waals surface area contributed by atoms with Gasteiger partial charge in [-0.1, -0.05) is 47.5 Å². The first-order valence-electron chi connectivity index (χ1n) is 8.43. The average molecular weight is 413 g/mol. The van der Waals surface area contributed by atoms with E-state index < -0.39 is 0 Å². The van der Waals surface area contributed by atoms with E-state index in [0.717, 1.165) is 0 Å². The van der Waals surface area contributed by atoms with Crippen molar-refractivity contribution in [2.75, 3.05) is 11.9 Å². The Labute approximate surface area is 170 Å². The van der Waals surface area contributed by atoms with Gasteiger partial charge < -0.3 is 14.5 Å². The Hall–Kier alpha value is -3.02. The molecule has 0 radical (unpaired) electrons. The molecular weight excluding hydrogens is 399 g/mol. The van der Waals surface area contributed by atoms with Gasteiger partial charge in [0.05, 0.1) is 15.6 Å². The van der Waals surface area contributed by atoms with Crippen molar-refractivity contribution in [3.8, 4) is 17.2 Å². The molecule has 0 unspecified atom stereocenters. The summed E-state index contributed by atoms with van der Waals surface area (Å²) in [6, 6.07) is 19.5. The van der Waals surface area contributed by atoms with Crippen LogP contribution in [0.4, 0.5) is 5.69 Å². The van der Waals surface area contributed by atoms with Gasteiger partial charge in [-0.2, -0.15) is 0 Å². The number of para-hydroxylation sites is 1. The van der Waals surface area contributed by atoms with E-state index in [1.54, 1.807) is 48.5 Å². The summed E-state index contributed by atoms with van der Waals surface area (Å²) in [5, 5.41) is 3.77. The predicted molar refractivity (Wildman–Crippen MR) is 110 cm³/mol. The molecule has 1 N–H and O–H groups in total. The van der Waals surface area contributed by atoms with Crippen LogP contribution in [0.1, 0.15) is 0 Å². The molecule has 0 aliphatic rings. The molecule has 4 aromatic rings. The largest absolute Gasteiger partial charge is 0.482 e. The fourth-order valence-electron chi connectivity index (χ4n) is 2.66. The predicted octanol–water partition coefficient (Wildman–Crippen LogP) is 5.82. The maximum atomic E-state index is 12.2. The summed E-state index contributed by atoms with van der Waals surface area (Å²) >= 11 is 12.2. The zero-order chi connectivity index (χ0) is 19.5. The van der Waals surface area contributed by atoms with Crippen LogP contribution in [-0.4, -0.2) is 17.5 Å². The molecule has 7 heteroatoms. The van der Waals surface area contributed by atoms with E-state index in [2.05, 4.69) is 10.3 Å². The van der Waals surface area contributed by atoms with Gasteiger partial charge in [0.25, 0.3) is 5.91 Å². The van der Waals surface area contributed by atoms with E-state index in [4.69, 9.17) is 32.4 Å². The topological polar surface area (TPSA) is 64.4 Å². The zero-order valence-corrected chi connectivity index (χ0v) is 16.0. The molecule has 1 heterocycles. The maximum absolute atomic E-state index is 12.2. The molecule has 28 heavy (non-hydrogen) atoms. The number of benzene rings is 3. The second kappa shape index (κ2) is 7.92. The first kappa shape index (κ1) is 18.3. The molecule has 3 aromatic carbocycles. The third kappa shape index (κ3) is 3.96. The van der Waals surface area contributed by atoms with Crippen molar-refractivity contribution in [3.05, 3.63) is 76.8 Å². The number of amides is 1. The van der Waals surface area contributed by atoms with Crippen molar-refractivity contribution in [1.29, 1.82) is 0 Å². The van der Waals surface area contributed by atoms with Gasteiger partial charge in [0, 0.05) is 5.69 Å². The highest BCUT2D eigenvalue weighted by atomic mass is 35.5. The quantitative estimate of drug-likeness (QED) is 0.448. The van der Waals surface area contributed by atoms with E-state index >= 15 is 0 Å². The third-order valence-corrected chi connectivity index (χ3v) is 4.61. The van der Waals surface area contributed by atoms with Crippen LogP contribution in [0, 0.1) is 0 Å². The summed E-state index contributed by atoms with van der Waals surface area (Å²) in [6.45, 7) is -0.161. The Kier molecular flexibility index (Phi) is 5.19. The summed E-state index contributed by atoms with van der Waals surface area (Å²) in [5.74, 6) is 0.566. The smallest absolute Gasteiger partial charge is 0.262 e. The lowest BCUT2D eigenvalue weighted by molar-refractivity contribution is -0.118. The highest BCUT2D eigenvalue weighted by Gasteiger charge is 2.12. The molecule has 0 bridgehead atoms. The molecular formula is C21H14Cl2N2O3. The summed E-state index contributed by atoms with van der Waals surface area (Å²) in [6.07, 6.45) is 0. The molecule has 140 valence electrons. The minimum Gasteiger partial charge on any atom is -0.482 e. The van der Waals surface area contributed by atoms with E-state index in [1.807, 2.05) is 18.2 Å². The number of aromatic nitrogens is 1. The van der Waals surface area contributed by atoms with Crippen molar-refractivity contribution in [2.45, 2.75) is 0 Å². The minimum absolute atomic E-state index is 0.161. The van der Waals surface area contributed by atoms with Crippen molar-refractivity contribution in [2.24, 2.45) is 0 Å². The Morgan fingerprint density at radius 3 is 2.54 bits per heavy atom. The van der Waals surface area contributed by atoms with E-state index in [9.17, 15) is 4.79 Å². The van der Waals surface area contributed by atoms with E-state index in [1.165, 1.54) is 0 Å². The number of hydrogen-bond donors (Lipinski definition) is 1. The molecule has 0 fully saturated rings. The molecule has 0 aliphatic carbocycles. The number of nitrogens with one attached hydrogen (secondary N) is 1. The number of rotatable bonds is 5. The summed E-state index contributed by atoms with van der Waals surface area (Å²) in [5.41, 5.74) is 2.50. The Morgan fingerprint density at radius 1 is 1.00 bits per heavy atom. The Balaban J connectivity index is 1.48. The molecule has 0 spiro atoms. The molecule has 5 nitrogen and oxygen atoms in total.